The number of hydrazine groups is 2. The topological polar surface area (TPSA) is 182 Å². The van der Waals surface area contributed by atoms with Gasteiger partial charge in [-0.1, -0.05) is 0 Å². The third kappa shape index (κ3) is 7.50. The summed E-state index contributed by atoms with van der Waals surface area (Å²) in [5.41, 5.74) is 0. The molecule has 2 aliphatic heterocycles. The van der Waals surface area contributed by atoms with Gasteiger partial charge in [0.2, 0.25) is 0 Å². The SMILES string of the molecule is COC(=O)C1CCCCN1[N+]([O-])=N[O-].COC(=O)C1CCCCN1[N+]([O-])=N[O-].[Pd+2]. The number of piperidine rings is 2. The van der Waals surface area contributed by atoms with Gasteiger partial charge in [-0.2, -0.15) is 0 Å². The van der Waals surface area contributed by atoms with Crippen molar-refractivity contribution in [1.82, 2.24) is 10.0 Å². The molecule has 0 aromatic heterocycles. The summed E-state index contributed by atoms with van der Waals surface area (Å²) < 4.78 is 9.05. The first-order valence-corrected chi connectivity index (χ1v) is 8.71. The van der Waals surface area contributed by atoms with E-state index >= 15 is 0 Å². The number of methoxy groups -OCH3 is 2. The van der Waals surface area contributed by atoms with Crippen molar-refractivity contribution < 1.29 is 49.4 Å². The number of hydrogen-bond donors (Lipinski definition) is 0. The summed E-state index contributed by atoms with van der Waals surface area (Å²) >= 11 is 0. The Hall–Kier alpha value is -2.40. The zero-order chi connectivity index (χ0) is 21.1. The molecule has 2 heterocycles. The minimum atomic E-state index is -0.677. The fourth-order valence-electron chi connectivity index (χ4n) is 3.09. The van der Waals surface area contributed by atoms with Crippen molar-refractivity contribution in [2.45, 2.75) is 50.6 Å². The van der Waals surface area contributed by atoms with Gasteiger partial charge in [-0.15, -0.1) is 10.0 Å². The summed E-state index contributed by atoms with van der Waals surface area (Å²) in [6.45, 7) is 0.712. The predicted molar refractivity (Wildman–Crippen MR) is 91.6 cm³/mol. The van der Waals surface area contributed by atoms with Crippen LogP contribution in [-0.4, -0.2) is 71.3 Å². The summed E-state index contributed by atoms with van der Waals surface area (Å²) in [6.07, 6.45) is 4.23. The average Bonchev–Trinajstić information content (AvgIpc) is 2.77. The number of rotatable bonds is 4. The van der Waals surface area contributed by atoms with E-state index in [9.17, 15) is 30.4 Å². The molecule has 0 aromatic carbocycles. The van der Waals surface area contributed by atoms with Crippen LogP contribution in [0.2, 0.25) is 0 Å². The summed E-state index contributed by atoms with van der Waals surface area (Å²) in [6, 6.07) is -1.35. The molecule has 15 heteroatoms. The summed E-state index contributed by atoms with van der Waals surface area (Å²) in [4.78, 5) is 22.3. The van der Waals surface area contributed by atoms with Crippen LogP contribution in [-0.2, 0) is 39.5 Å². The molecule has 168 valence electrons. The molecule has 2 saturated heterocycles. The minimum Gasteiger partial charge on any atom is -0.737 e. The van der Waals surface area contributed by atoms with E-state index in [1.54, 1.807) is 0 Å². The molecule has 0 aliphatic carbocycles. The molecular formula is C14H24N6O8Pd. The van der Waals surface area contributed by atoms with Crippen molar-refractivity contribution in [1.29, 1.82) is 0 Å². The maximum atomic E-state index is 11.2. The second-order valence-corrected chi connectivity index (χ2v) is 6.06. The largest absolute Gasteiger partial charge is 2.00 e. The molecule has 2 atom stereocenters. The molecule has 14 nitrogen and oxygen atoms in total. The number of carbonyl (C=O) groups is 2. The van der Waals surface area contributed by atoms with Crippen LogP contribution in [0, 0.1) is 20.8 Å². The molecule has 2 fully saturated rings. The van der Waals surface area contributed by atoms with E-state index < -0.39 is 24.0 Å². The number of ether oxygens (including phenoxy) is 2. The van der Waals surface area contributed by atoms with E-state index in [-0.39, 0.29) is 30.4 Å². The molecule has 0 saturated carbocycles. The van der Waals surface area contributed by atoms with E-state index in [0.717, 1.165) is 35.7 Å². The first-order chi connectivity index (χ1) is 13.4. The maximum absolute atomic E-state index is 11.2. The van der Waals surface area contributed by atoms with E-state index in [0.29, 0.717) is 25.9 Å². The number of nitrogens with zero attached hydrogens (tertiary/aromatic N) is 6. The molecule has 29 heavy (non-hydrogen) atoms. The third-order valence-electron chi connectivity index (χ3n) is 4.47. The van der Waals surface area contributed by atoms with Crippen LogP contribution < -0.4 is 0 Å². The van der Waals surface area contributed by atoms with Gasteiger partial charge in [0, 0.05) is 9.94 Å². The van der Waals surface area contributed by atoms with Crippen LogP contribution in [0.25, 0.3) is 0 Å². The molecule has 2 rings (SSSR count). The van der Waals surface area contributed by atoms with Gasteiger partial charge in [-0.25, -0.2) is 9.59 Å². The molecule has 0 aromatic rings. The van der Waals surface area contributed by atoms with Crippen molar-refractivity contribution in [3.63, 3.8) is 0 Å². The van der Waals surface area contributed by atoms with Gasteiger partial charge in [0.25, 0.3) is 0 Å². The van der Waals surface area contributed by atoms with Crippen molar-refractivity contribution >= 4 is 11.9 Å². The van der Waals surface area contributed by atoms with E-state index in [4.69, 9.17) is 0 Å². The van der Waals surface area contributed by atoms with Crippen LogP contribution in [0.4, 0.5) is 0 Å². The zero-order valence-corrected chi connectivity index (χ0v) is 17.6. The minimum absolute atomic E-state index is 0. The second kappa shape index (κ2) is 13.7. The van der Waals surface area contributed by atoms with E-state index in [1.165, 1.54) is 14.2 Å². The Balaban J connectivity index is 0.000000523. The standard InChI is InChI=1S/2C7H13N3O4.Pd/c2*1-14-7(11)6-4-2-3-5-9(6)10(13)8-12;/h2*6,12H,2-5H2,1H3;/q;;+2/p-2. The summed E-state index contributed by atoms with van der Waals surface area (Å²) in [5.74, 6) is -1.01. The van der Waals surface area contributed by atoms with Crippen LogP contribution in [0.3, 0.4) is 0 Å². The Morgan fingerprint density at radius 2 is 1.17 bits per heavy atom. The quantitative estimate of drug-likeness (QED) is 0.172. The smallest absolute Gasteiger partial charge is 0.737 e. The summed E-state index contributed by atoms with van der Waals surface area (Å²) in [5, 5.41) is 48.6. The Morgan fingerprint density at radius 3 is 1.45 bits per heavy atom. The Labute approximate surface area is 181 Å². The Morgan fingerprint density at radius 1 is 0.828 bits per heavy atom. The molecule has 0 spiro atoms. The Kier molecular flexibility index (Phi) is 12.6. The van der Waals surface area contributed by atoms with Crippen LogP contribution >= 0.6 is 0 Å². The van der Waals surface area contributed by atoms with Gasteiger partial charge in [-0.05, 0) is 49.1 Å². The monoisotopic (exact) mass is 510 g/mol. The van der Waals surface area contributed by atoms with Crippen LogP contribution in [0.1, 0.15) is 38.5 Å². The van der Waals surface area contributed by atoms with Gasteiger partial charge in [0.1, 0.15) is 0 Å². The fourth-order valence-corrected chi connectivity index (χ4v) is 3.09. The average molecular weight is 511 g/mol. The van der Waals surface area contributed by atoms with Gasteiger partial charge < -0.3 is 30.3 Å². The van der Waals surface area contributed by atoms with Crippen molar-refractivity contribution in [3.05, 3.63) is 20.8 Å². The molecule has 0 N–H and O–H groups in total. The van der Waals surface area contributed by atoms with Gasteiger partial charge in [-0.3, -0.25) is 0 Å². The maximum Gasteiger partial charge on any atom is 2.00 e. The third-order valence-corrected chi connectivity index (χ3v) is 4.47. The van der Waals surface area contributed by atoms with E-state index in [1.807, 2.05) is 0 Å². The molecule has 2 aliphatic rings. The molecule has 0 radical (unpaired) electrons. The molecule has 2 unspecified atom stereocenters. The van der Waals surface area contributed by atoms with Crippen molar-refractivity contribution in [3.8, 4) is 0 Å². The van der Waals surface area contributed by atoms with Gasteiger partial charge >= 0.3 is 32.4 Å². The van der Waals surface area contributed by atoms with E-state index in [2.05, 4.69) is 20.0 Å². The first-order valence-electron chi connectivity index (χ1n) is 8.71. The normalized spacial score (nSPS) is 22.6. The number of esters is 2. The van der Waals surface area contributed by atoms with Crippen molar-refractivity contribution in [2.75, 3.05) is 27.3 Å². The predicted octanol–water partition coefficient (Wildman–Crippen LogP) is 0.776. The molecular weight excluding hydrogens is 487 g/mol. The molecule has 0 amide bonds. The molecule has 0 bridgehead atoms. The van der Waals surface area contributed by atoms with Crippen LogP contribution in [0.5, 0.6) is 0 Å². The second-order valence-electron chi connectivity index (χ2n) is 6.06. The van der Waals surface area contributed by atoms with Crippen LogP contribution in [0.15, 0.2) is 10.6 Å². The van der Waals surface area contributed by atoms with Gasteiger partial charge in [0.05, 0.1) is 27.3 Å². The summed E-state index contributed by atoms with van der Waals surface area (Å²) in [7, 11) is 2.50. The zero-order valence-electron chi connectivity index (χ0n) is 16.1. The number of hydrogen-bond acceptors (Lipinski definition) is 10. The fraction of sp³-hybridized carbons (Fsp3) is 0.857. The number of carbonyl (C=O) groups excluding carboxylic acids is 2. The van der Waals surface area contributed by atoms with Gasteiger partial charge in [0.15, 0.2) is 12.1 Å². The first kappa shape index (κ1) is 26.6. The Bertz CT molecular complexity index is 542. The van der Waals surface area contributed by atoms with Crippen molar-refractivity contribution in [2.24, 2.45) is 10.6 Å².